The Hall–Kier alpha value is -1.29. The molecule has 2 fully saturated rings. The zero-order valence-electron chi connectivity index (χ0n) is 12.1. The number of benzene rings is 1. The lowest BCUT2D eigenvalue weighted by molar-refractivity contribution is 0.363. The minimum absolute atomic E-state index is 0.705. The summed E-state index contributed by atoms with van der Waals surface area (Å²) in [5.41, 5.74) is 9.27. The van der Waals surface area contributed by atoms with E-state index in [2.05, 4.69) is 37.9 Å². The lowest BCUT2D eigenvalue weighted by Crippen LogP contribution is -2.42. The highest BCUT2D eigenvalue weighted by Gasteiger charge is 2.35. The average molecular weight is 346 g/mol. The maximum atomic E-state index is 6.15. The number of piperidine rings is 1. The van der Waals surface area contributed by atoms with Crippen LogP contribution in [0.2, 0.25) is 0 Å². The molecule has 1 aromatic heterocycles. The van der Waals surface area contributed by atoms with Crippen molar-refractivity contribution in [2.75, 3.05) is 17.2 Å². The van der Waals surface area contributed by atoms with Crippen LogP contribution >= 0.6 is 15.9 Å². The summed E-state index contributed by atoms with van der Waals surface area (Å²) in [5.74, 6) is 0.877. The van der Waals surface area contributed by atoms with Gasteiger partial charge in [0.05, 0.1) is 11.2 Å². The highest BCUT2D eigenvalue weighted by molar-refractivity contribution is 9.10. The van der Waals surface area contributed by atoms with E-state index in [1.807, 2.05) is 12.3 Å². The third-order valence-electron chi connectivity index (χ3n) is 5.13. The third kappa shape index (κ3) is 2.20. The van der Waals surface area contributed by atoms with Gasteiger partial charge in [0.1, 0.15) is 0 Å². The second kappa shape index (κ2) is 5.16. The van der Waals surface area contributed by atoms with Crippen molar-refractivity contribution >= 4 is 38.2 Å². The van der Waals surface area contributed by atoms with Crippen molar-refractivity contribution in [3.63, 3.8) is 0 Å². The van der Waals surface area contributed by atoms with Crippen molar-refractivity contribution in [3.05, 3.63) is 28.9 Å². The molecule has 0 radical (unpaired) electrons. The van der Waals surface area contributed by atoms with Gasteiger partial charge in [0, 0.05) is 34.3 Å². The molecule has 110 valence electrons. The van der Waals surface area contributed by atoms with Gasteiger partial charge in [-0.25, -0.2) is 0 Å². The fraction of sp³-hybridized carbons (Fsp3) is 0.471. The van der Waals surface area contributed by atoms with Gasteiger partial charge >= 0.3 is 0 Å². The van der Waals surface area contributed by atoms with Gasteiger partial charge in [0.2, 0.25) is 0 Å². The summed E-state index contributed by atoms with van der Waals surface area (Å²) in [4.78, 5) is 7.26. The molecule has 0 amide bonds. The van der Waals surface area contributed by atoms with Gasteiger partial charge in [-0.05, 0) is 65.7 Å². The van der Waals surface area contributed by atoms with Crippen molar-refractivity contribution in [2.45, 2.75) is 38.1 Å². The van der Waals surface area contributed by atoms with Crippen LogP contribution in [0.25, 0.3) is 10.9 Å². The summed E-state index contributed by atoms with van der Waals surface area (Å²) in [6, 6.07) is 6.98. The lowest BCUT2D eigenvalue weighted by Gasteiger charge is -2.40. The number of aromatic nitrogens is 1. The summed E-state index contributed by atoms with van der Waals surface area (Å²) < 4.78 is 0.983. The molecule has 4 rings (SSSR count). The molecule has 3 nitrogen and oxygen atoms in total. The fourth-order valence-corrected chi connectivity index (χ4v) is 4.52. The molecule has 2 unspecified atom stereocenters. The van der Waals surface area contributed by atoms with E-state index in [9.17, 15) is 0 Å². The Morgan fingerprint density at radius 3 is 2.95 bits per heavy atom. The standard InChI is InChI=1S/C17H20BrN3/c18-12-9-13-14(19)6-7-16(17(13)20-10-12)21-8-2-4-11-3-1-5-15(11)21/h6-7,9-11,15H,1-5,8,19H2. The number of pyridine rings is 1. The molecule has 2 heterocycles. The molecule has 0 spiro atoms. The molecule has 2 atom stereocenters. The first kappa shape index (κ1) is 13.4. The van der Waals surface area contributed by atoms with E-state index in [-0.39, 0.29) is 0 Å². The Kier molecular flexibility index (Phi) is 3.29. The summed E-state index contributed by atoms with van der Waals surface area (Å²) in [6.45, 7) is 1.15. The molecule has 2 aromatic rings. The van der Waals surface area contributed by atoms with Crippen molar-refractivity contribution in [2.24, 2.45) is 5.92 Å². The topological polar surface area (TPSA) is 42.1 Å². The van der Waals surface area contributed by atoms with Crippen LogP contribution < -0.4 is 10.6 Å². The Bertz CT molecular complexity index is 685. The first-order valence-electron chi connectivity index (χ1n) is 7.84. The molecule has 4 heteroatoms. The SMILES string of the molecule is Nc1ccc(N2CCCC3CCCC32)c2ncc(Br)cc12. The van der Waals surface area contributed by atoms with Gasteiger partial charge in [0.15, 0.2) is 0 Å². The van der Waals surface area contributed by atoms with Gasteiger partial charge in [-0.15, -0.1) is 0 Å². The minimum Gasteiger partial charge on any atom is -0.398 e. The Balaban J connectivity index is 1.84. The number of halogens is 1. The van der Waals surface area contributed by atoms with Crippen LogP contribution in [0.5, 0.6) is 0 Å². The minimum atomic E-state index is 0.705. The van der Waals surface area contributed by atoms with E-state index < -0.39 is 0 Å². The van der Waals surface area contributed by atoms with Crippen molar-refractivity contribution in [3.8, 4) is 0 Å². The highest BCUT2D eigenvalue weighted by Crippen LogP contribution is 2.41. The molecule has 2 aliphatic rings. The highest BCUT2D eigenvalue weighted by atomic mass is 79.9. The number of nitrogen functional groups attached to an aromatic ring is 1. The monoisotopic (exact) mass is 345 g/mol. The Morgan fingerprint density at radius 1 is 1.19 bits per heavy atom. The van der Waals surface area contributed by atoms with Crippen LogP contribution in [0.1, 0.15) is 32.1 Å². The predicted molar refractivity (Wildman–Crippen MR) is 91.6 cm³/mol. The molecule has 1 saturated carbocycles. The molecular formula is C17H20BrN3. The summed E-state index contributed by atoms with van der Waals surface area (Å²) in [5, 5.41) is 1.06. The first-order valence-corrected chi connectivity index (χ1v) is 8.64. The molecule has 0 bridgehead atoms. The second-order valence-electron chi connectivity index (χ2n) is 6.32. The maximum Gasteiger partial charge on any atom is 0.0956 e. The average Bonchev–Trinajstić information content (AvgIpc) is 2.97. The van der Waals surface area contributed by atoms with E-state index in [1.54, 1.807) is 0 Å². The smallest absolute Gasteiger partial charge is 0.0956 e. The number of fused-ring (bicyclic) bond motifs is 2. The molecule has 1 aliphatic carbocycles. The second-order valence-corrected chi connectivity index (χ2v) is 7.23. The van der Waals surface area contributed by atoms with Gasteiger partial charge in [-0.1, -0.05) is 6.42 Å². The van der Waals surface area contributed by atoms with Crippen molar-refractivity contribution in [1.82, 2.24) is 4.98 Å². The molecule has 1 saturated heterocycles. The molecular weight excluding hydrogens is 326 g/mol. The van der Waals surface area contributed by atoms with Crippen LogP contribution in [-0.4, -0.2) is 17.6 Å². The molecule has 1 aromatic carbocycles. The van der Waals surface area contributed by atoms with Crippen LogP contribution in [0.3, 0.4) is 0 Å². The fourth-order valence-electron chi connectivity index (χ4n) is 4.19. The van der Waals surface area contributed by atoms with Crippen molar-refractivity contribution in [1.29, 1.82) is 0 Å². The van der Waals surface area contributed by atoms with Crippen LogP contribution in [0.15, 0.2) is 28.9 Å². The van der Waals surface area contributed by atoms with Gasteiger partial charge in [-0.2, -0.15) is 0 Å². The van der Waals surface area contributed by atoms with E-state index in [1.165, 1.54) is 37.8 Å². The summed E-state index contributed by atoms with van der Waals surface area (Å²) >= 11 is 3.50. The van der Waals surface area contributed by atoms with Crippen LogP contribution in [-0.2, 0) is 0 Å². The van der Waals surface area contributed by atoms with E-state index in [0.29, 0.717) is 6.04 Å². The Labute approximate surface area is 133 Å². The number of hydrogen-bond donors (Lipinski definition) is 1. The van der Waals surface area contributed by atoms with Gasteiger partial charge in [0.25, 0.3) is 0 Å². The number of anilines is 2. The maximum absolute atomic E-state index is 6.15. The molecule has 21 heavy (non-hydrogen) atoms. The third-order valence-corrected chi connectivity index (χ3v) is 5.57. The summed E-state index contributed by atoms with van der Waals surface area (Å²) in [6.07, 6.45) is 8.66. The zero-order valence-corrected chi connectivity index (χ0v) is 13.6. The van der Waals surface area contributed by atoms with Gasteiger partial charge in [-0.3, -0.25) is 4.98 Å². The quantitative estimate of drug-likeness (QED) is 0.781. The van der Waals surface area contributed by atoms with E-state index in [0.717, 1.165) is 33.5 Å². The number of rotatable bonds is 1. The van der Waals surface area contributed by atoms with E-state index in [4.69, 9.17) is 5.73 Å². The largest absolute Gasteiger partial charge is 0.398 e. The van der Waals surface area contributed by atoms with Crippen LogP contribution in [0.4, 0.5) is 11.4 Å². The Morgan fingerprint density at radius 2 is 2.05 bits per heavy atom. The lowest BCUT2D eigenvalue weighted by atomic mass is 9.91. The van der Waals surface area contributed by atoms with Crippen LogP contribution in [0, 0.1) is 5.92 Å². The molecule has 1 aliphatic heterocycles. The number of hydrogen-bond acceptors (Lipinski definition) is 3. The number of nitrogens with two attached hydrogens (primary N) is 1. The predicted octanol–water partition coefficient (Wildman–Crippen LogP) is 4.35. The number of nitrogens with zero attached hydrogens (tertiary/aromatic N) is 2. The van der Waals surface area contributed by atoms with Crippen molar-refractivity contribution < 1.29 is 0 Å². The molecule has 2 N–H and O–H groups in total. The first-order chi connectivity index (χ1) is 10.2. The zero-order chi connectivity index (χ0) is 14.4. The normalized spacial score (nSPS) is 25.3. The summed E-state index contributed by atoms with van der Waals surface area (Å²) in [7, 11) is 0. The van der Waals surface area contributed by atoms with E-state index >= 15 is 0 Å². The van der Waals surface area contributed by atoms with Gasteiger partial charge < -0.3 is 10.6 Å².